The number of esters is 2. The van der Waals surface area contributed by atoms with Crippen LogP contribution in [0.3, 0.4) is 0 Å². The summed E-state index contributed by atoms with van der Waals surface area (Å²) in [7, 11) is 0. The van der Waals surface area contributed by atoms with Crippen LogP contribution in [0.2, 0.25) is 0 Å². The van der Waals surface area contributed by atoms with Crippen LogP contribution in [0.25, 0.3) is 5.57 Å². The van der Waals surface area contributed by atoms with E-state index < -0.39 is 11.9 Å². The molecule has 0 saturated heterocycles. The van der Waals surface area contributed by atoms with Gasteiger partial charge in [0.15, 0.2) is 0 Å². The molecule has 0 aliphatic heterocycles. The lowest BCUT2D eigenvalue weighted by Gasteiger charge is -2.12. The molecule has 0 aromatic heterocycles. The van der Waals surface area contributed by atoms with Crippen molar-refractivity contribution in [3.05, 3.63) is 120 Å². The second-order valence-electron chi connectivity index (χ2n) is 8.55. The van der Waals surface area contributed by atoms with Crippen molar-refractivity contribution >= 4 is 17.5 Å². The molecule has 0 bridgehead atoms. The van der Waals surface area contributed by atoms with Gasteiger partial charge in [-0.1, -0.05) is 62.6 Å². The molecule has 6 heteroatoms. The Balaban J connectivity index is 1.53. The molecule has 0 fully saturated rings. The Kier molecular flexibility index (Phi) is 10.2. The molecule has 2 aromatic carbocycles. The van der Waals surface area contributed by atoms with E-state index >= 15 is 0 Å². The highest BCUT2D eigenvalue weighted by Gasteiger charge is 2.18. The molecule has 0 radical (unpaired) electrons. The van der Waals surface area contributed by atoms with Crippen LogP contribution in [0.1, 0.15) is 30.0 Å². The van der Waals surface area contributed by atoms with E-state index in [2.05, 4.69) is 13.2 Å². The molecule has 192 valence electrons. The van der Waals surface area contributed by atoms with Crippen LogP contribution in [-0.2, 0) is 31.9 Å². The van der Waals surface area contributed by atoms with Gasteiger partial charge in [-0.2, -0.15) is 0 Å². The lowest BCUT2D eigenvalue weighted by Crippen LogP contribution is -2.16. The first-order valence-corrected chi connectivity index (χ1v) is 12.1. The minimum atomic E-state index is -0.444. The van der Waals surface area contributed by atoms with Crippen LogP contribution < -0.4 is 4.74 Å². The van der Waals surface area contributed by atoms with Crippen LogP contribution in [0.15, 0.2) is 104 Å². The normalized spacial score (nSPS) is 13.7. The van der Waals surface area contributed by atoms with Crippen molar-refractivity contribution in [2.45, 2.75) is 26.2 Å². The highest BCUT2D eigenvalue weighted by Crippen LogP contribution is 2.29. The minimum absolute atomic E-state index is 0.0254. The van der Waals surface area contributed by atoms with Crippen molar-refractivity contribution in [1.29, 1.82) is 0 Å². The largest absolute Gasteiger partial charge is 0.490 e. The summed E-state index contributed by atoms with van der Waals surface area (Å²) in [5, 5.41) is 0. The van der Waals surface area contributed by atoms with E-state index in [1.165, 1.54) is 0 Å². The zero-order chi connectivity index (χ0) is 26.6. The quantitative estimate of drug-likeness (QED) is 0.189. The summed E-state index contributed by atoms with van der Waals surface area (Å²) in [4.78, 5) is 23.8. The summed E-state index contributed by atoms with van der Waals surface area (Å²) in [5.74, 6) is -0.540. The zero-order valence-corrected chi connectivity index (χ0v) is 21.0. The molecule has 0 amide bonds. The molecule has 1 aliphatic rings. The summed E-state index contributed by atoms with van der Waals surface area (Å²) in [6, 6.07) is 14.9. The maximum absolute atomic E-state index is 14.8. The summed E-state index contributed by atoms with van der Waals surface area (Å²) in [6.07, 6.45) is 8.72. The smallest absolute Gasteiger partial charge is 0.330 e. The third-order valence-corrected chi connectivity index (χ3v) is 5.71. The fraction of sp³-hybridized carbons (Fsp3) is 0.226. The number of allylic oxidation sites excluding steroid dienone is 5. The van der Waals surface area contributed by atoms with Crippen LogP contribution in [0, 0.1) is 5.92 Å². The lowest BCUT2D eigenvalue weighted by atomic mass is 9.99. The highest BCUT2D eigenvalue weighted by molar-refractivity contribution is 5.81. The number of hydrogen-bond donors (Lipinski definition) is 0. The van der Waals surface area contributed by atoms with Crippen molar-refractivity contribution in [1.82, 2.24) is 0 Å². The van der Waals surface area contributed by atoms with Crippen LogP contribution >= 0.6 is 0 Å². The molecule has 0 saturated carbocycles. The Labute approximate surface area is 217 Å². The summed E-state index contributed by atoms with van der Waals surface area (Å²) >= 11 is 0. The Morgan fingerprint density at radius 2 is 1.73 bits per heavy atom. The summed E-state index contributed by atoms with van der Waals surface area (Å²) in [5.41, 5.74) is 3.15. The van der Waals surface area contributed by atoms with Crippen LogP contribution in [-0.4, -0.2) is 25.2 Å². The molecule has 0 spiro atoms. The molecule has 37 heavy (non-hydrogen) atoms. The van der Waals surface area contributed by atoms with Gasteiger partial charge in [-0.15, -0.1) is 0 Å². The average Bonchev–Trinajstić information content (AvgIpc) is 3.09. The van der Waals surface area contributed by atoms with Gasteiger partial charge in [0.05, 0.1) is 12.5 Å². The van der Waals surface area contributed by atoms with Crippen molar-refractivity contribution in [2.75, 3.05) is 13.2 Å². The third-order valence-electron chi connectivity index (χ3n) is 5.71. The summed E-state index contributed by atoms with van der Waals surface area (Å²) < 4.78 is 30.8. The van der Waals surface area contributed by atoms with Crippen molar-refractivity contribution < 1.29 is 28.2 Å². The Morgan fingerprint density at radius 1 is 1.03 bits per heavy atom. The number of benzene rings is 2. The van der Waals surface area contributed by atoms with E-state index in [0.717, 1.165) is 17.2 Å². The molecule has 3 rings (SSSR count). The molecule has 0 N–H and O–H groups in total. The minimum Gasteiger partial charge on any atom is -0.490 e. The highest BCUT2D eigenvalue weighted by atomic mass is 19.1. The van der Waals surface area contributed by atoms with E-state index in [1.807, 2.05) is 24.3 Å². The van der Waals surface area contributed by atoms with Gasteiger partial charge in [0.2, 0.25) is 0 Å². The molecular formula is C31H31FO5. The maximum Gasteiger partial charge on any atom is 0.330 e. The second-order valence-corrected chi connectivity index (χ2v) is 8.55. The van der Waals surface area contributed by atoms with Crippen LogP contribution in [0.4, 0.5) is 4.39 Å². The molecule has 1 aliphatic carbocycles. The van der Waals surface area contributed by atoms with Gasteiger partial charge in [-0.25, -0.2) is 9.18 Å². The summed E-state index contributed by atoms with van der Waals surface area (Å²) in [6.45, 7) is 9.46. The van der Waals surface area contributed by atoms with E-state index in [1.54, 1.807) is 55.5 Å². The fourth-order valence-electron chi connectivity index (χ4n) is 3.66. The third kappa shape index (κ3) is 8.46. The topological polar surface area (TPSA) is 61.8 Å². The Hall–Kier alpha value is -4.19. The first kappa shape index (κ1) is 27.4. The van der Waals surface area contributed by atoms with E-state index in [-0.39, 0.29) is 24.8 Å². The zero-order valence-electron chi connectivity index (χ0n) is 21.0. The Bertz CT molecular complexity index is 1200. The van der Waals surface area contributed by atoms with Gasteiger partial charge in [-0.05, 0) is 53.5 Å². The molecular weight excluding hydrogens is 471 g/mol. The van der Waals surface area contributed by atoms with E-state index in [0.29, 0.717) is 42.1 Å². The average molecular weight is 503 g/mol. The van der Waals surface area contributed by atoms with Gasteiger partial charge in [-0.3, -0.25) is 4.79 Å². The number of hydrogen-bond acceptors (Lipinski definition) is 5. The first-order valence-electron chi connectivity index (χ1n) is 12.1. The van der Waals surface area contributed by atoms with E-state index in [9.17, 15) is 14.0 Å². The number of ether oxygens (including phenoxy) is 3. The van der Waals surface area contributed by atoms with E-state index in [4.69, 9.17) is 14.2 Å². The number of carbonyl (C=O) groups is 2. The lowest BCUT2D eigenvalue weighted by molar-refractivity contribution is -0.143. The van der Waals surface area contributed by atoms with Crippen LogP contribution in [0.5, 0.6) is 5.75 Å². The first-order chi connectivity index (χ1) is 17.9. The molecule has 1 unspecified atom stereocenters. The maximum atomic E-state index is 14.8. The monoisotopic (exact) mass is 502 g/mol. The molecule has 0 heterocycles. The molecule has 5 nitrogen and oxygen atoms in total. The number of halogens is 1. The predicted octanol–water partition coefficient (Wildman–Crippen LogP) is 6.47. The fourth-order valence-corrected chi connectivity index (χ4v) is 3.66. The second kappa shape index (κ2) is 13.8. The van der Waals surface area contributed by atoms with Gasteiger partial charge in [0, 0.05) is 24.5 Å². The Morgan fingerprint density at radius 3 is 2.41 bits per heavy atom. The predicted molar refractivity (Wildman–Crippen MR) is 142 cm³/mol. The van der Waals surface area contributed by atoms with Gasteiger partial charge in [0.25, 0.3) is 0 Å². The van der Waals surface area contributed by atoms with Crippen molar-refractivity contribution in [3.8, 4) is 5.75 Å². The van der Waals surface area contributed by atoms with Gasteiger partial charge < -0.3 is 14.2 Å². The van der Waals surface area contributed by atoms with Gasteiger partial charge >= 0.3 is 11.9 Å². The van der Waals surface area contributed by atoms with Gasteiger partial charge in [0.1, 0.15) is 23.9 Å². The van der Waals surface area contributed by atoms with Crippen molar-refractivity contribution in [3.63, 3.8) is 0 Å². The number of rotatable bonds is 12. The molecule has 2 aromatic rings. The SMILES string of the molecule is C=CCOc1ccc(C2=C(F)CC=C(OC(=O)C(C)Cc3ccc(CCOC(=O)C=C)cc3)C=C2)cc1. The standard InChI is InChI=1S/C31H31FO5/c1-4-19-35-26-12-10-25(11-13-26)28-16-14-27(15-17-29(28)32)37-31(34)22(3)21-24-8-6-23(7-9-24)18-20-36-30(33)5-2/h4-16,22H,1-2,17-21H2,3H3. The number of carbonyl (C=O) groups excluding carboxylic acids is 2. The van der Waals surface area contributed by atoms with Crippen molar-refractivity contribution in [2.24, 2.45) is 5.92 Å². The molecule has 1 atom stereocenters.